The predicted molar refractivity (Wildman–Crippen MR) is 38.8 cm³/mol. The number of aromatic nitrogens is 1. The zero-order valence-electron chi connectivity index (χ0n) is 5.85. The molecule has 4 nitrogen and oxygen atoms in total. The Hall–Kier alpha value is -0.940. The van der Waals surface area contributed by atoms with Crippen LogP contribution in [-0.2, 0) is 10.1 Å². The Morgan fingerprint density at radius 2 is 2.18 bits per heavy atom. The van der Waals surface area contributed by atoms with Crippen molar-refractivity contribution < 1.29 is 13.0 Å². The monoisotopic (exact) mass is 173 g/mol. The third-order valence-corrected chi connectivity index (χ3v) is 2.02. The van der Waals surface area contributed by atoms with Crippen molar-refractivity contribution in [3.63, 3.8) is 0 Å². The molecule has 11 heavy (non-hydrogen) atoms. The molecule has 0 radical (unpaired) electrons. The van der Waals surface area contributed by atoms with Crippen LogP contribution in [0.15, 0.2) is 23.2 Å². The van der Waals surface area contributed by atoms with Gasteiger partial charge in [0, 0.05) is 11.9 Å². The van der Waals surface area contributed by atoms with Crippen LogP contribution >= 0.6 is 0 Å². The van der Waals surface area contributed by atoms with Crippen LogP contribution in [0.5, 0.6) is 0 Å². The lowest BCUT2D eigenvalue weighted by atomic mass is 10.4. The Morgan fingerprint density at radius 1 is 1.55 bits per heavy atom. The van der Waals surface area contributed by atoms with Gasteiger partial charge in [0.15, 0.2) is 0 Å². The van der Waals surface area contributed by atoms with Crippen molar-refractivity contribution >= 4 is 10.1 Å². The fourth-order valence-corrected chi connectivity index (χ4v) is 1.23. The molecular weight excluding hydrogens is 166 g/mol. The van der Waals surface area contributed by atoms with Crippen LogP contribution in [0.2, 0.25) is 0 Å². The average Bonchev–Trinajstić information content (AvgIpc) is 1.86. The van der Waals surface area contributed by atoms with Crippen molar-refractivity contribution in [3.05, 3.63) is 24.0 Å². The van der Waals surface area contributed by atoms with Crippen LogP contribution in [0.3, 0.4) is 0 Å². The molecule has 0 unspecified atom stereocenters. The molecule has 0 saturated carbocycles. The molecule has 0 atom stereocenters. The molecule has 0 aliphatic carbocycles. The lowest BCUT2D eigenvalue weighted by Crippen LogP contribution is -1.98. The van der Waals surface area contributed by atoms with E-state index in [1.165, 1.54) is 18.3 Å². The van der Waals surface area contributed by atoms with Crippen molar-refractivity contribution in [3.8, 4) is 0 Å². The zero-order chi connectivity index (χ0) is 8.48. The normalized spacial score (nSPS) is 11.5. The molecule has 1 rings (SSSR count). The summed E-state index contributed by atoms with van der Waals surface area (Å²) in [5, 5.41) is 0. The van der Waals surface area contributed by atoms with E-state index >= 15 is 0 Å². The van der Waals surface area contributed by atoms with Crippen LogP contribution in [0.25, 0.3) is 0 Å². The summed E-state index contributed by atoms with van der Waals surface area (Å²) in [6, 6.07) is 2.54. The summed E-state index contributed by atoms with van der Waals surface area (Å²) >= 11 is 0. The number of nitrogens with zero attached hydrogens (tertiary/aromatic N) is 1. The minimum absolute atomic E-state index is 0.120. The number of pyridine rings is 1. The molecule has 5 heteroatoms. The zero-order valence-corrected chi connectivity index (χ0v) is 6.67. The Morgan fingerprint density at radius 3 is 2.55 bits per heavy atom. The minimum Gasteiger partial charge on any atom is -0.282 e. The van der Waals surface area contributed by atoms with E-state index in [1.807, 2.05) is 0 Å². The van der Waals surface area contributed by atoms with Gasteiger partial charge in [0.05, 0.1) is 4.90 Å². The summed E-state index contributed by atoms with van der Waals surface area (Å²) in [5.41, 5.74) is 0.556. The molecule has 1 heterocycles. The molecule has 1 N–H and O–H groups in total. The number of rotatable bonds is 1. The molecule has 0 aliphatic rings. The summed E-state index contributed by atoms with van der Waals surface area (Å²) in [4.78, 5) is 3.66. The van der Waals surface area contributed by atoms with Crippen molar-refractivity contribution in [1.82, 2.24) is 4.98 Å². The fraction of sp³-hybridized carbons (Fsp3) is 0.167. The molecule has 0 spiro atoms. The second kappa shape index (κ2) is 2.60. The summed E-state index contributed by atoms with van der Waals surface area (Å²) in [6.07, 6.45) is 1.33. The second-order valence-corrected chi connectivity index (χ2v) is 3.53. The van der Waals surface area contributed by atoms with Gasteiger partial charge in [-0.05, 0) is 19.1 Å². The van der Waals surface area contributed by atoms with Crippen molar-refractivity contribution in [2.75, 3.05) is 0 Å². The van der Waals surface area contributed by atoms with Crippen LogP contribution in [-0.4, -0.2) is 18.0 Å². The summed E-state index contributed by atoms with van der Waals surface area (Å²) in [6.45, 7) is 1.65. The van der Waals surface area contributed by atoms with E-state index in [0.29, 0.717) is 5.69 Å². The van der Waals surface area contributed by atoms with Crippen molar-refractivity contribution in [2.45, 2.75) is 11.8 Å². The summed E-state index contributed by atoms with van der Waals surface area (Å²) < 4.78 is 29.6. The summed E-state index contributed by atoms with van der Waals surface area (Å²) in [7, 11) is -4.07. The Balaban J connectivity index is 3.28. The van der Waals surface area contributed by atoms with E-state index < -0.39 is 10.1 Å². The molecule has 0 amide bonds. The maximum atomic E-state index is 10.5. The molecule has 1 aromatic heterocycles. The quantitative estimate of drug-likeness (QED) is 0.633. The average molecular weight is 173 g/mol. The number of aryl methyl sites for hydroxylation is 1. The first kappa shape index (κ1) is 8.16. The van der Waals surface area contributed by atoms with Gasteiger partial charge in [0.1, 0.15) is 0 Å². The van der Waals surface area contributed by atoms with Crippen LogP contribution in [0, 0.1) is 6.92 Å². The predicted octanol–water partition coefficient (Wildman–Crippen LogP) is 0.637. The smallest absolute Gasteiger partial charge is 0.282 e. The van der Waals surface area contributed by atoms with Gasteiger partial charge < -0.3 is 0 Å². The third-order valence-electron chi connectivity index (χ3n) is 1.17. The van der Waals surface area contributed by atoms with Crippen LogP contribution < -0.4 is 0 Å². The van der Waals surface area contributed by atoms with Crippen LogP contribution in [0.4, 0.5) is 0 Å². The molecular formula is C6H7NO3S. The molecule has 0 aromatic carbocycles. The first-order valence-corrected chi connectivity index (χ1v) is 4.34. The Kier molecular flexibility index (Phi) is 1.92. The minimum atomic E-state index is -4.07. The first-order valence-electron chi connectivity index (χ1n) is 2.90. The van der Waals surface area contributed by atoms with Gasteiger partial charge in [-0.1, -0.05) is 0 Å². The fourth-order valence-electron chi connectivity index (χ4n) is 0.680. The second-order valence-electron chi connectivity index (χ2n) is 2.11. The first-order chi connectivity index (χ1) is 5.00. The van der Waals surface area contributed by atoms with Gasteiger partial charge in [0.25, 0.3) is 10.1 Å². The van der Waals surface area contributed by atoms with E-state index in [9.17, 15) is 8.42 Å². The molecule has 0 saturated heterocycles. The highest BCUT2D eigenvalue weighted by Gasteiger charge is 2.08. The highest BCUT2D eigenvalue weighted by Crippen LogP contribution is 2.07. The van der Waals surface area contributed by atoms with E-state index in [-0.39, 0.29) is 4.90 Å². The summed E-state index contributed by atoms with van der Waals surface area (Å²) in [5.74, 6) is 0. The number of hydrogen-bond acceptors (Lipinski definition) is 3. The SMILES string of the molecule is Cc1cc(S(=O)(=O)O)ccn1. The number of hydrogen-bond donors (Lipinski definition) is 1. The molecule has 0 aliphatic heterocycles. The standard InChI is InChI=1S/C6H7NO3S/c1-5-4-6(2-3-7-5)11(8,9)10/h2-4H,1H3,(H,8,9,10). The highest BCUT2D eigenvalue weighted by molar-refractivity contribution is 7.85. The van der Waals surface area contributed by atoms with Gasteiger partial charge in [-0.3, -0.25) is 9.54 Å². The maximum Gasteiger partial charge on any atom is 0.294 e. The van der Waals surface area contributed by atoms with Gasteiger partial charge in [-0.15, -0.1) is 0 Å². The van der Waals surface area contributed by atoms with Crippen molar-refractivity contribution in [2.24, 2.45) is 0 Å². The van der Waals surface area contributed by atoms with Crippen molar-refractivity contribution in [1.29, 1.82) is 0 Å². The molecule has 0 fully saturated rings. The van der Waals surface area contributed by atoms with Gasteiger partial charge >= 0.3 is 0 Å². The van der Waals surface area contributed by atoms with E-state index in [0.717, 1.165) is 0 Å². The van der Waals surface area contributed by atoms with Gasteiger partial charge in [-0.25, -0.2) is 0 Å². The largest absolute Gasteiger partial charge is 0.294 e. The van der Waals surface area contributed by atoms with E-state index in [1.54, 1.807) is 6.92 Å². The maximum absolute atomic E-state index is 10.5. The topological polar surface area (TPSA) is 67.3 Å². The Bertz CT molecular complexity index is 358. The third kappa shape index (κ3) is 1.99. The Labute approximate surface area is 64.6 Å². The van der Waals surface area contributed by atoms with Gasteiger partial charge in [0.2, 0.25) is 0 Å². The van der Waals surface area contributed by atoms with Gasteiger partial charge in [-0.2, -0.15) is 8.42 Å². The molecule has 60 valence electrons. The van der Waals surface area contributed by atoms with Crippen LogP contribution in [0.1, 0.15) is 5.69 Å². The lowest BCUT2D eigenvalue weighted by Gasteiger charge is -1.95. The lowest BCUT2D eigenvalue weighted by molar-refractivity contribution is 0.483. The highest BCUT2D eigenvalue weighted by atomic mass is 32.2. The van der Waals surface area contributed by atoms with E-state index in [4.69, 9.17) is 4.55 Å². The molecule has 0 bridgehead atoms. The molecule has 1 aromatic rings. The van der Waals surface area contributed by atoms with E-state index in [2.05, 4.69) is 4.98 Å².